The zero-order chi connectivity index (χ0) is 16.3. The number of esters is 1. The topological polar surface area (TPSA) is 78.7 Å². The molecule has 2 aromatic rings. The molecule has 0 bridgehead atoms. The molecule has 0 aliphatic carbocycles. The lowest BCUT2D eigenvalue weighted by atomic mass is 10.0. The third kappa shape index (κ3) is 3.01. The Bertz CT molecular complexity index is 727. The maximum absolute atomic E-state index is 11.4. The second-order valence-corrected chi connectivity index (χ2v) is 4.74. The third-order valence-electron chi connectivity index (χ3n) is 3.08. The smallest absolute Gasteiger partial charge is 0.337 e. The Morgan fingerprint density at radius 2 is 1.82 bits per heavy atom. The summed E-state index contributed by atoms with van der Waals surface area (Å²) < 4.78 is 9.82. The van der Waals surface area contributed by atoms with Crippen LogP contribution >= 0.6 is 11.6 Å². The lowest BCUT2D eigenvalue weighted by molar-refractivity contribution is -0.384. The van der Waals surface area contributed by atoms with Gasteiger partial charge in [0.25, 0.3) is 5.69 Å². The Balaban J connectivity index is 2.50. The van der Waals surface area contributed by atoms with E-state index in [9.17, 15) is 14.9 Å². The van der Waals surface area contributed by atoms with Gasteiger partial charge in [0.1, 0.15) is 10.8 Å². The number of halogens is 1. The van der Waals surface area contributed by atoms with Gasteiger partial charge in [0, 0.05) is 5.56 Å². The zero-order valence-electron chi connectivity index (χ0n) is 11.8. The van der Waals surface area contributed by atoms with E-state index in [1.165, 1.54) is 26.4 Å². The standard InChI is InChI=1S/C15H12ClNO5/c1-21-14-8-13(17(19)20)12(16)7-11(14)9-3-5-10(6-4-9)15(18)22-2/h3-8H,1-2H3. The van der Waals surface area contributed by atoms with E-state index in [1.807, 2.05) is 0 Å². The van der Waals surface area contributed by atoms with E-state index in [0.29, 0.717) is 22.4 Å². The van der Waals surface area contributed by atoms with Crippen LogP contribution in [0.2, 0.25) is 5.02 Å². The monoisotopic (exact) mass is 321 g/mol. The minimum atomic E-state index is -0.574. The maximum Gasteiger partial charge on any atom is 0.337 e. The average molecular weight is 322 g/mol. The Labute approximate surface area is 131 Å². The highest BCUT2D eigenvalue weighted by atomic mass is 35.5. The fraction of sp³-hybridized carbons (Fsp3) is 0.133. The normalized spacial score (nSPS) is 10.1. The number of methoxy groups -OCH3 is 2. The van der Waals surface area contributed by atoms with Crippen LogP contribution in [0.4, 0.5) is 5.69 Å². The lowest BCUT2D eigenvalue weighted by Gasteiger charge is -2.10. The second-order valence-electron chi connectivity index (χ2n) is 4.33. The number of carbonyl (C=O) groups is 1. The van der Waals surface area contributed by atoms with Gasteiger partial charge in [-0.3, -0.25) is 10.1 Å². The van der Waals surface area contributed by atoms with Crippen molar-refractivity contribution in [1.82, 2.24) is 0 Å². The molecule has 0 amide bonds. The molecule has 7 heteroatoms. The van der Waals surface area contributed by atoms with Gasteiger partial charge in [0.2, 0.25) is 0 Å². The number of nitro groups is 1. The van der Waals surface area contributed by atoms with Crippen LogP contribution in [0.15, 0.2) is 36.4 Å². The Morgan fingerprint density at radius 3 is 2.32 bits per heavy atom. The van der Waals surface area contributed by atoms with Crippen LogP contribution in [0.3, 0.4) is 0 Å². The summed E-state index contributed by atoms with van der Waals surface area (Å²) in [6.07, 6.45) is 0. The first-order chi connectivity index (χ1) is 10.5. The number of benzene rings is 2. The Morgan fingerprint density at radius 1 is 1.18 bits per heavy atom. The number of hydrogen-bond donors (Lipinski definition) is 0. The average Bonchev–Trinajstić information content (AvgIpc) is 2.53. The van der Waals surface area contributed by atoms with Crippen LogP contribution in [-0.4, -0.2) is 25.1 Å². The van der Waals surface area contributed by atoms with Crippen molar-refractivity contribution in [3.8, 4) is 16.9 Å². The molecule has 0 radical (unpaired) electrons. The van der Waals surface area contributed by atoms with Crippen LogP contribution in [-0.2, 0) is 4.74 Å². The number of hydrogen-bond acceptors (Lipinski definition) is 5. The van der Waals surface area contributed by atoms with Gasteiger partial charge in [-0.25, -0.2) is 4.79 Å². The molecule has 0 aliphatic heterocycles. The van der Waals surface area contributed by atoms with Crippen molar-refractivity contribution in [1.29, 1.82) is 0 Å². The van der Waals surface area contributed by atoms with Gasteiger partial charge in [-0.15, -0.1) is 0 Å². The van der Waals surface area contributed by atoms with Crippen LogP contribution in [0.1, 0.15) is 10.4 Å². The molecule has 6 nitrogen and oxygen atoms in total. The highest BCUT2D eigenvalue weighted by molar-refractivity contribution is 6.33. The summed E-state index contributed by atoms with van der Waals surface area (Å²) >= 11 is 5.94. The van der Waals surface area contributed by atoms with Gasteiger partial charge in [0.15, 0.2) is 0 Å². The molecule has 0 N–H and O–H groups in total. The van der Waals surface area contributed by atoms with Crippen LogP contribution in [0.5, 0.6) is 5.75 Å². The first-order valence-electron chi connectivity index (χ1n) is 6.18. The quantitative estimate of drug-likeness (QED) is 0.487. The van der Waals surface area contributed by atoms with Gasteiger partial charge in [-0.2, -0.15) is 0 Å². The van der Waals surface area contributed by atoms with E-state index in [4.69, 9.17) is 16.3 Å². The van der Waals surface area contributed by atoms with Crippen molar-refractivity contribution < 1.29 is 19.2 Å². The van der Waals surface area contributed by atoms with E-state index in [1.54, 1.807) is 24.3 Å². The molecule has 22 heavy (non-hydrogen) atoms. The molecule has 0 saturated carbocycles. The fourth-order valence-electron chi connectivity index (χ4n) is 1.98. The van der Waals surface area contributed by atoms with Gasteiger partial charge < -0.3 is 9.47 Å². The molecule has 0 unspecified atom stereocenters. The first-order valence-corrected chi connectivity index (χ1v) is 6.56. The van der Waals surface area contributed by atoms with E-state index in [-0.39, 0.29) is 10.7 Å². The number of rotatable bonds is 4. The Kier molecular flexibility index (Phi) is 4.62. The molecule has 0 fully saturated rings. The molecule has 0 heterocycles. The molecule has 0 saturated heterocycles. The summed E-state index contributed by atoms with van der Waals surface area (Å²) in [5.41, 5.74) is 1.47. The fourth-order valence-corrected chi connectivity index (χ4v) is 2.21. The van der Waals surface area contributed by atoms with E-state index in [2.05, 4.69) is 4.74 Å². The second kappa shape index (κ2) is 6.44. The van der Waals surface area contributed by atoms with Crippen molar-refractivity contribution in [2.24, 2.45) is 0 Å². The van der Waals surface area contributed by atoms with Gasteiger partial charge >= 0.3 is 5.97 Å². The minimum absolute atomic E-state index is 0.0119. The molecule has 0 aromatic heterocycles. The van der Waals surface area contributed by atoms with Gasteiger partial charge in [-0.1, -0.05) is 23.7 Å². The van der Waals surface area contributed by atoms with Gasteiger partial charge in [0.05, 0.1) is 30.8 Å². The first kappa shape index (κ1) is 15.8. The number of ether oxygens (including phenoxy) is 2. The predicted octanol–water partition coefficient (Wildman–Crippen LogP) is 3.71. The highest BCUT2D eigenvalue weighted by Crippen LogP contribution is 2.38. The minimum Gasteiger partial charge on any atom is -0.496 e. The van der Waals surface area contributed by atoms with Crippen molar-refractivity contribution in [2.75, 3.05) is 14.2 Å². The van der Waals surface area contributed by atoms with Crippen LogP contribution < -0.4 is 4.74 Å². The molecule has 2 rings (SSSR count). The van der Waals surface area contributed by atoms with E-state index in [0.717, 1.165) is 0 Å². The Hall–Kier alpha value is -2.60. The third-order valence-corrected chi connectivity index (χ3v) is 3.39. The van der Waals surface area contributed by atoms with Crippen molar-refractivity contribution in [3.05, 3.63) is 57.1 Å². The molecule has 0 aliphatic rings. The molecule has 0 atom stereocenters. The lowest BCUT2D eigenvalue weighted by Crippen LogP contribution is -2.00. The summed E-state index contributed by atoms with van der Waals surface area (Å²) in [6, 6.07) is 9.29. The molecule has 114 valence electrons. The summed E-state index contributed by atoms with van der Waals surface area (Å²) in [5, 5.41) is 10.9. The van der Waals surface area contributed by atoms with Crippen molar-refractivity contribution >= 4 is 23.3 Å². The van der Waals surface area contributed by atoms with Crippen LogP contribution in [0.25, 0.3) is 11.1 Å². The van der Waals surface area contributed by atoms with E-state index < -0.39 is 10.9 Å². The van der Waals surface area contributed by atoms with Crippen molar-refractivity contribution in [2.45, 2.75) is 0 Å². The molecular weight excluding hydrogens is 310 g/mol. The largest absolute Gasteiger partial charge is 0.496 e. The number of carbonyl (C=O) groups excluding carboxylic acids is 1. The summed E-state index contributed by atoms with van der Waals surface area (Å²) in [5.74, 6) is -0.123. The predicted molar refractivity (Wildman–Crippen MR) is 81.4 cm³/mol. The number of nitro benzene ring substituents is 1. The zero-order valence-corrected chi connectivity index (χ0v) is 12.6. The maximum atomic E-state index is 11.4. The molecule has 0 spiro atoms. The summed E-state index contributed by atoms with van der Waals surface area (Å²) in [6.45, 7) is 0. The SMILES string of the molecule is COC(=O)c1ccc(-c2cc(Cl)c([N+](=O)[O-])cc2OC)cc1. The highest BCUT2D eigenvalue weighted by Gasteiger charge is 2.18. The van der Waals surface area contributed by atoms with Gasteiger partial charge in [-0.05, 0) is 23.8 Å². The molecule has 2 aromatic carbocycles. The number of nitrogens with zero attached hydrogens (tertiary/aromatic N) is 1. The summed E-state index contributed by atoms with van der Waals surface area (Å²) in [4.78, 5) is 21.7. The molecular formula is C15H12ClNO5. The van der Waals surface area contributed by atoms with Crippen molar-refractivity contribution in [3.63, 3.8) is 0 Å². The summed E-state index contributed by atoms with van der Waals surface area (Å²) in [7, 11) is 2.72. The van der Waals surface area contributed by atoms with Crippen LogP contribution in [0, 0.1) is 10.1 Å². The van der Waals surface area contributed by atoms with E-state index >= 15 is 0 Å².